The zero-order valence-electron chi connectivity index (χ0n) is 14.8. The SMILES string of the molecule is COc1ccc(C2CCCN2C(=O)CCc2cccnc2)cc1OC. The first-order chi connectivity index (χ1) is 12.2. The molecule has 132 valence electrons. The third-order valence-electron chi connectivity index (χ3n) is 4.72. The van der Waals surface area contributed by atoms with Crippen LogP contribution in [0.1, 0.15) is 36.4 Å². The Balaban J connectivity index is 1.70. The predicted molar refractivity (Wildman–Crippen MR) is 95.8 cm³/mol. The second kappa shape index (κ2) is 8.01. The quantitative estimate of drug-likeness (QED) is 0.809. The Morgan fingerprint density at radius 2 is 2.08 bits per heavy atom. The molecule has 0 spiro atoms. The molecule has 1 aliphatic rings. The molecule has 3 rings (SSSR count). The summed E-state index contributed by atoms with van der Waals surface area (Å²) in [4.78, 5) is 18.8. The molecule has 1 aromatic carbocycles. The Kier molecular flexibility index (Phi) is 5.53. The van der Waals surface area contributed by atoms with Gasteiger partial charge in [0.15, 0.2) is 11.5 Å². The maximum atomic E-state index is 12.7. The van der Waals surface area contributed by atoms with Gasteiger partial charge >= 0.3 is 0 Å². The summed E-state index contributed by atoms with van der Waals surface area (Å²) in [5.74, 6) is 1.61. The zero-order chi connectivity index (χ0) is 17.6. The maximum Gasteiger partial charge on any atom is 0.223 e. The van der Waals surface area contributed by atoms with E-state index in [1.165, 1.54) is 0 Å². The number of carbonyl (C=O) groups is 1. The molecular formula is C20H24N2O3. The Morgan fingerprint density at radius 1 is 1.24 bits per heavy atom. The number of amides is 1. The van der Waals surface area contributed by atoms with Crippen LogP contribution in [0.2, 0.25) is 0 Å². The number of benzene rings is 1. The van der Waals surface area contributed by atoms with E-state index < -0.39 is 0 Å². The number of nitrogens with zero attached hydrogens (tertiary/aromatic N) is 2. The standard InChI is InChI=1S/C20H24N2O3/c1-24-18-9-8-16(13-19(18)25-2)17-6-4-12-22(17)20(23)10-7-15-5-3-11-21-14-15/h3,5,8-9,11,13-14,17H,4,6-7,10,12H2,1-2H3. The number of hydrogen-bond donors (Lipinski definition) is 0. The van der Waals surface area contributed by atoms with Crippen molar-refractivity contribution >= 4 is 5.91 Å². The summed E-state index contributed by atoms with van der Waals surface area (Å²) in [6.07, 6.45) is 6.81. The molecule has 0 saturated carbocycles. The van der Waals surface area contributed by atoms with Crippen LogP contribution in [0, 0.1) is 0 Å². The fraction of sp³-hybridized carbons (Fsp3) is 0.400. The van der Waals surface area contributed by atoms with Crippen LogP contribution in [0.3, 0.4) is 0 Å². The molecule has 0 aliphatic carbocycles. The lowest BCUT2D eigenvalue weighted by atomic mass is 10.0. The van der Waals surface area contributed by atoms with E-state index in [9.17, 15) is 4.79 Å². The smallest absolute Gasteiger partial charge is 0.223 e. The number of likely N-dealkylation sites (tertiary alicyclic amines) is 1. The van der Waals surface area contributed by atoms with Gasteiger partial charge in [0, 0.05) is 25.4 Å². The lowest BCUT2D eigenvalue weighted by Gasteiger charge is -2.26. The summed E-state index contributed by atoms with van der Waals surface area (Å²) in [6, 6.07) is 9.94. The first-order valence-electron chi connectivity index (χ1n) is 8.63. The highest BCUT2D eigenvalue weighted by Crippen LogP contribution is 2.37. The van der Waals surface area contributed by atoms with Gasteiger partial charge in [-0.1, -0.05) is 12.1 Å². The van der Waals surface area contributed by atoms with Gasteiger partial charge in [-0.15, -0.1) is 0 Å². The molecule has 0 bridgehead atoms. The third-order valence-corrected chi connectivity index (χ3v) is 4.72. The molecule has 1 aromatic heterocycles. The minimum Gasteiger partial charge on any atom is -0.493 e. The Morgan fingerprint density at radius 3 is 2.80 bits per heavy atom. The van der Waals surface area contributed by atoms with Crippen molar-refractivity contribution in [1.82, 2.24) is 9.88 Å². The number of pyridine rings is 1. The Hall–Kier alpha value is -2.56. The van der Waals surface area contributed by atoms with Gasteiger partial charge in [-0.25, -0.2) is 0 Å². The minimum atomic E-state index is 0.112. The molecule has 0 radical (unpaired) electrons. The number of methoxy groups -OCH3 is 2. The molecule has 1 unspecified atom stereocenters. The van der Waals surface area contributed by atoms with Crippen LogP contribution in [0.15, 0.2) is 42.7 Å². The second-order valence-corrected chi connectivity index (χ2v) is 6.22. The highest BCUT2D eigenvalue weighted by atomic mass is 16.5. The molecule has 2 heterocycles. The van der Waals surface area contributed by atoms with E-state index >= 15 is 0 Å². The molecule has 1 saturated heterocycles. The predicted octanol–water partition coefficient (Wildman–Crippen LogP) is 3.40. The molecule has 1 aliphatic heterocycles. The molecule has 1 atom stereocenters. The van der Waals surface area contributed by atoms with Gasteiger partial charge in [0.25, 0.3) is 0 Å². The van der Waals surface area contributed by atoms with Crippen LogP contribution in [0.4, 0.5) is 0 Å². The van der Waals surface area contributed by atoms with E-state index in [2.05, 4.69) is 4.98 Å². The highest BCUT2D eigenvalue weighted by Gasteiger charge is 2.30. The lowest BCUT2D eigenvalue weighted by molar-refractivity contribution is -0.132. The van der Waals surface area contributed by atoms with E-state index in [1.54, 1.807) is 20.4 Å². The van der Waals surface area contributed by atoms with Gasteiger partial charge in [-0.2, -0.15) is 0 Å². The minimum absolute atomic E-state index is 0.112. The van der Waals surface area contributed by atoms with Crippen LogP contribution in [0.5, 0.6) is 11.5 Å². The van der Waals surface area contributed by atoms with Crippen LogP contribution in [0.25, 0.3) is 0 Å². The van der Waals surface area contributed by atoms with Gasteiger partial charge in [0.2, 0.25) is 5.91 Å². The molecular weight excluding hydrogens is 316 g/mol. The van der Waals surface area contributed by atoms with Crippen LogP contribution < -0.4 is 9.47 Å². The summed E-state index contributed by atoms with van der Waals surface area (Å²) in [6.45, 7) is 0.810. The van der Waals surface area contributed by atoms with Gasteiger partial charge in [0.1, 0.15) is 0 Å². The average molecular weight is 340 g/mol. The highest BCUT2D eigenvalue weighted by molar-refractivity contribution is 5.77. The molecule has 25 heavy (non-hydrogen) atoms. The summed E-state index contributed by atoms with van der Waals surface area (Å²) in [5.41, 5.74) is 2.20. The van der Waals surface area contributed by atoms with Crippen molar-refractivity contribution in [2.24, 2.45) is 0 Å². The maximum absolute atomic E-state index is 12.7. The van der Waals surface area contributed by atoms with Gasteiger partial charge in [-0.05, 0) is 48.6 Å². The van der Waals surface area contributed by atoms with Crippen molar-refractivity contribution in [1.29, 1.82) is 0 Å². The number of aryl methyl sites for hydroxylation is 1. The number of ether oxygens (including phenoxy) is 2. The monoisotopic (exact) mass is 340 g/mol. The number of hydrogen-bond acceptors (Lipinski definition) is 4. The zero-order valence-corrected chi connectivity index (χ0v) is 14.8. The van der Waals surface area contributed by atoms with Crippen molar-refractivity contribution in [3.63, 3.8) is 0 Å². The van der Waals surface area contributed by atoms with Crippen molar-refractivity contribution in [3.8, 4) is 11.5 Å². The average Bonchev–Trinajstić information content (AvgIpc) is 3.16. The molecule has 1 amide bonds. The van der Waals surface area contributed by atoms with Crippen molar-refractivity contribution in [3.05, 3.63) is 53.9 Å². The summed E-state index contributed by atoms with van der Waals surface area (Å²) in [7, 11) is 3.26. The van der Waals surface area contributed by atoms with Crippen molar-refractivity contribution in [2.45, 2.75) is 31.7 Å². The number of carbonyl (C=O) groups excluding carboxylic acids is 1. The van der Waals surface area contributed by atoms with E-state index in [1.807, 2.05) is 41.4 Å². The largest absolute Gasteiger partial charge is 0.493 e. The normalized spacial score (nSPS) is 16.7. The van der Waals surface area contributed by atoms with Crippen LogP contribution in [-0.2, 0) is 11.2 Å². The summed E-state index contributed by atoms with van der Waals surface area (Å²) >= 11 is 0. The first-order valence-corrected chi connectivity index (χ1v) is 8.63. The molecule has 2 aromatic rings. The topological polar surface area (TPSA) is 51.7 Å². The van der Waals surface area contributed by atoms with Gasteiger partial charge in [0.05, 0.1) is 20.3 Å². The molecule has 5 heteroatoms. The van der Waals surface area contributed by atoms with Crippen molar-refractivity contribution < 1.29 is 14.3 Å². The lowest BCUT2D eigenvalue weighted by Crippen LogP contribution is -2.30. The fourth-order valence-electron chi connectivity index (χ4n) is 3.41. The van der Waals surface area contributed by atoms with E-state index in [-0.39, 0.29) is 11.9 Å². The van der Waals surface area contributed by atoms with Crippen molar-refractivity contribution in [2.75, 3.05) is 20.8 Å². The van der Waals surface area contributed by atoms with Gasteiger partial charge in [-0.3, -0.25) is 9.78 Å². The van der Waals surface area contributed by atoms with E-state index in [0.29, 0.717) is 17.9 Å². The number of rotatable bonds is 6. The first kappa shape index (κ1) is 17.3. The molecule has 1 fully saturated rings. The number of aromatic nitrogens is 1. The van der Waals surface area contributed by atoms with E-state index in [0.717, 1.165) is 36.9 Å². The molecule has 0 N–H and O–H groups in total. The summed E-state index contributed by atoms with van der Waals surface area (Å²) in [5, 5.41) is 0. The third kappa shape index (κ3) is 3.92. The Bertz CT molecular complexity index is 718. The Labute approximate surface area is 148 Å². The fourth-order valence-corrected chi connectivity index (χ4v) is 3.41. The van der Waals surface area contributed by atoms with E-state index in [4.69, 9.17) is 9.47 Å². The van der Waals surface area contributed by atoms with Gasteiger partial charge < -0.3 is 14.4 Å². The van der Waals surface area contributed by atoms with Crippen LogP contribution in [-0.4, -0.2) is 36.6 Å². The summed E-state index contributed by atoms with van der Waals surface area (Å²) < 4.78 is 10.7. The van der Waals surface area contributed by atoms with Crippen LogP contribution >= 0.6 is 0 Å². The second-order valence-electron chi connectivity index (χ2n) is 6.22. The molecule has 5 nitrogen and oxygen atoms in total.